The molecule has 0 spiro atoms. The summed E-state index contributed by atoms with van der Waals surface area (Å²) in [6, 6.07) is 6.67. The average molecular weight is 517 g/mol. The van der Waals surface area contributed by atoms with Gasteiger partial charge in [-0.25, -0.2) is 4.39 Å². The molecule has 2 fully saturated rings. The van der Waals surface area contributed by atoms with E-state index in [1.165, 1.54) is 6.92 Å². The fraction of sp³-hybridized carbons (Fsp3) is 0.652. The minimum atomic E-state index is -1.99. The van der Waals surface area contributed by atoms with Crippen LogP contribution in [-0.4, -0.2) is 107 Å². The van der Waals surface area contributed by atoms with Crippen LogP contribution in [0.15, 0.2) is 30.3 Å². The van der Waals surface area contributed by atoms with Crippen LogP contribution in [0.5, 0.6) is 0 Å². The van der Waals surface area contributed by atoms with Gasteiger partial charge < -0.3 is 50.0 Å². The molecule has 2 aliphatic rings. The van der Waals surface area contributed by atoms with Crippen LogP contribution in [0.3, 0.4) is 0 Å². The first kappa shape index (κ1) is 28.3. The smallest absolute Gasteiger partial charge is 0.217 e. The van der Waals surface area contributed by atoms with E-state index in [0.717, 1.165) is 12.5 Å². The highest BCUT2D eigenvalue weighted by molar-refractivity contribution is 5.73. The van der Waals surface area contributed by atoms with Gasteiger partial charge in [0.25, 0.3) is 0 Å². The average Bonchev–Trinajstić information content (AvgIpc) is 2.85. The number of aliphatic hydroxyl groups excluding tert-OH is 4. The number of nitrogens with one attached hydrogen (secondary N) is 2. The molecule has 36 heavy (non-hydrogen) atoms. The lowest BCUT2D eigenvalue weighted by Gasteiger charge is -2.44. The van der Waals surface area contributed by atoms with Gasteiger partial charge in [-0.3, -0.25) is 9.59 Å². The number of benzene rings is 1. The predicted octanol–water partition coefficient (Wildman–Crippen LogP) is -1.91. The maximum Gasteiger partial charge on any atom is 0.217 e. The molecule has 0 aliphatic carbocycles. The quantitative estimate of drug-likeness (QED) is 0.217. The van der Waals surface area contributed by atoms with Gasteiger partial charge in [-0.2, -0.15) is 0 Å². The maximum atomic E-state index is 14.4. The molecule has 2 heterocycles. The molecule has 3 rings (SSSR count). The second-order valence-corrected chi connectivity index (χ2v) is 8.77. The first-order valence-corrected chi connectivity index (χ1v) is 11.5. The molecule has 13 heteroatoms. The van der Waals surface area contributed by atoms with E-state index in [4.69, 9.17) is 18.9 Å². The largest absolute Gasteiger partial charge is 0.394 e. The molecular weight excluding hydrogens is 483 g/mol. The van der Waals surface area contributed by atoms with Gasteiger partial charge in [-0.1, -0.05) is 30.3 Å². The van der Waals surface area contributed by atoms with Crippen molar-refractivity contribution in [3.05, 3.63) is 35.9 Å². The van der Waals surface area contributed by atoms with Crippen molar-refractivity contribution in [2.24, 2.45) is 0 Å². The summed E-state index contributed by atoms with van der Waals surface area (Å²) in [7, 11) is 0. The molecule has 1 aromatic carbocycles. The van der Waals surface area contributed by atoms with Crippen LogP contribution < -0.4 is 10.6 Å². The number of hydrogen-bond acceptors (Lipinski definition) is 10. The van der Waals surface area contributed by atoms with E-state index in [2.05, 4.69) is 10.6 Å². The van der Waals surface area contributed by atoms with Crippen LogP contribution >= 0.6 is 0 Å². The van der Waals surface area contributed by atoms with Crippen LogP contribution in [0.1, 0.15) is 19.4 Å². The molecule has 202 valence electrons. The first-order chi connectivity index (χ1) is 17.1. The Morgan fingerprint density at radius 1 is 0.889 bits per heavy atom. The van der Waals surface area contributed by atoms with Crippen molar-refractivity contribution in [1.29, 1.82) is 0 Å². The summed E-state index contributed by atoms with van der Waals surface area (Å²) in [4.78, 5) is 23.2. The van der Waals surface area contributed by atoms with E-state index in [1.54, 1.807) is 0 Å². The van der Waals surface area contributed by atoms with Crippen LogP contribution in [0.25, 0.3) is 0 Å². The fourth-order valence-electron chi connectivity index (χ4n) is 4.13. The van der Waals surface area contributed by atoms with Crippen molar-refractivity contribution in [2.45, 2.75) is 81.8 Å². The topological polar surface area (TPSA) is 176 Å². The third kappa shape index (κ3) is 6.95. The van der Waals surface area contributed by atoms with E-state index >= 15 is 0 Å². The van der Waals surface area contributed by atoms with Gasteiger partial charge in [0.1, 0.15) is 42.6 Å². The highest BCUT2D eigenvalue weighted by atomic mass is 19.1. The Morgan fingerprint density at radius 2 is 1.44 bits per heavy atom. The summed E-state index contributed by atoms with van der Waals surface area (Å²) in [6.07, 6.45) is -11.9. The lowest BCUT2D eigenvalue weighted by atomic mass is 9.96. The molecule has 10 atom stereocenters. The monoisotopic (exact) mass is 516 g/mol. The summed E-state index contributed by atoms with van der Waals surface area (Å²) < 4.78 is 37.0. The SMILES string of the molecule is CC(=O)N[C@H]1[C@@H](OCc2ccccc2)O[C@H](CO[C@@H]2O[C@H](CO)[C@@H](F)[C@H](O)[C@H]2NC(C)=O)[C@H](O)[C@@H]1O. The van der Waals surface area contributed by atoms with Gasteiger partial charge in [0.05, 0.1) is 19.8 Å². The van der Waals surface area contributed by atoms with Gasteiger partial charge in [0, 0.05) is 13.8 Å². The third-order valence-electron chi connectivity index (χ3n) is 5.95. The van der Waals surface area contributed by atoms with Gasteiger partial charge in [-0.15, -0.1) is 0 Å². The minimum Gasteiger partial charge on any atom is -0.394 e. The Labute approximate surface area is 207 Å². The Hall–Kier alpha value is -2.23. The lowest BCUT2D eigenvalue weighted by Crippen LogP contribution is -2.66. The first-order valence-electron chi connectivity index (χ1n) is 11.5. The second kappa shape index (κ2) is 12.8. The van der Waals surface area contributed by atoms with E-state index in [9.17, 15) is 34.4 Å². The molecule has 0 radical (unpaired) electrons. The number of rotatable bonds is 9. The molecular formula is C23H33FN2O10. The zero-order valence-electron chi connectivity index (χ0n) is 19.9. The van der Waals surface area contributed by atoms with Gasteiger partial charge in [0.2, 0.25) is 11.8 Å². The van der Waals surface area contributed by atoms with Crippen LogP contribution in [0.2, 0.25) is 0 Å². The van der Waals surface area contributed by atoms with Crippen LogP contribution in [-0.2, 0) is 35.1 Å². The third-order valence-corrected chi connectivity index (χ3v) is 5.95. The Morgan fingerprint density at radius 3 is 2.03 bits per heavy atom. The zero-order chi connectivity index (χ0) is 26.4. The van der Waals surface area contributed by atoms with E-state index in [0.29, 0.717) is 0 Å². The van der Waals surface area contributed by atoms with Crippen LogP contribution in [0, 0.1) is 0 Å². The standard InChI is InChI=1S/C23H33FN2O10/c1-11(28)25-17-20(31)16(24)14(8-27)35-22(17)34-10-15-19(30)21(32)18(26-12(2)29)23(36-15)33-9-13-6-4-3-5-7-13/h3-7,14-23,27,30-32H,8-10H2,1-2H3,(H,25,28)(H,26,29)/t14-,15-,16-,17-,18-,19+,20+,21-,22-,23+/m1/s1. The van der Waals surface area contributed by atoms with Crippen LogP contribution in [0.4, 0.5) is 4.39 Å². The van der Waals surface area contributed by atoms with Crippen molar-refractivity contribution < 1.29 is 53.4 Å². The van der Waals surface area contributed by atoms with Crippen molar-refractivity contribution in [1.82, 2.24) is 10.6 Å². The molecule has 2 aliphatic heterocycles. The number of carbonyl (C=O) groups excluding carboxylic acids is 2. The maximum absolute atomic E-state index is 14.4. The van der Waals surface area contributed by atoms with Crippen molar-refractivity contribution in [3.63, 3.8) is 0 Å². The molecule has 0 bridgehead atoms. The van der Waals surface area contributed by atoms with E-state index < -0.39 is 86.4 Å². The van der Waals surface area contributed by atoms with Gasteiger partial charge in [-0.05, 0) is 5.56 Å². The summed E-state index contributed by atoms with van der Waals surface area (Å²) in [5.74, 6) is -1.06. The summed E-state index contributed by atoms with van der Waals surface area (Å²) in [5.41, 5.74) is 0.801. The number of carbonyl (C=O) groups is 2. The summed E-state index contributed by atoms with van der Waals surface area (Å²) >= 11 is 0. The molecule has 6 N–H and O–H groups in total. The molecule has 1 aromatic rings. The highest BCUT2D eigenvalue weighted by Gasteiger charge is 2.49. The van der Waals surface area contributed by atoms with Crippen molar-refractivity contribution >= 4 is 11.8 Å². The van der Waals surface area contributed by atoms with E-state index in [1.807, 2.05) is 30.3 Å². The second-order valence-electron chi connectivity index (χ2n) is 8.77. The predicted molar refractivity (Wildman–Crippen MR) is 120 cm³/mol. The molecule has 2 amide bonds. The number of alkyl halides is 1. The summed E-state index contributed by atoms with van der Waals surface area (Å²) in [5, 5.41) is 45.9. The lowest BCUT2D eigenvalue weighted by molar-refractivity contribution is -0.301. The van der Waals surface area contributed by atoms with Gasteiger partial charge in [0.15, 0.2) is 18.8 Å². The summed E-state index contributed by atoms with van der Waals surface area (Å²) in [6.45, 7) is 1.30. The number of halogens is 1. The number of hydrogen-bond donors (Lipinski definition) is 6. The van der Waals surface area contributed by atoms with E-state index in [-0.39, 0.29) is 6.61 Å². The minimum absolute atomic E-state index is 0.0799. The molecule has 0 saturated carbocycles. The zero-order valence-corrected chi connectivity index (χ0v) is 19.9. The fourth-order valence-corrected chi connectivity index (χ4v) is 4.13. The Kier molecular flexibility index (Phi) is 10.1. The molecule has 0 unspecified atom stereocenters. The van der Waals surface area contributed by atoms with Crippen molar-refractivity contribution in [2.75, 3.05) is 13.2 Å². The normalized spacial score (nSPS) is 36.8. The number of aliphatic hydroxyl groups is 4. The Balaban J connectivity index is 1.71. The van der Waals surface area contributed by atoms with Gasteiger partial charge >= 0.3 is 0 Å². The molecule has 2 saturated heterocycles. The molecule has 0 aromatic heterocycles. The molecule has 12 nitrogen and oxygen atoms in total. The van der Waals surface area contributed by atoms with Crippen molar-refractivity contribution in [3.8, 4) is 0 Å². The number of ether oxygens (including phenoxy) is 4. The number of amides is 2. The Bertz CT molecular complexity index is 865. The highest BCUT2D eigenvalue weighted by Crippen LogP contribution is 2.27.